The first-order valence-electron chi connectivity index (χ1n) is 16.8. The minimum absolute atomic E-state index is 0.0657. The van der Waals surface area contributed by atoms with Crippen LogP contribution < -0.4 is 4.90 Å². The molecule has 2 aromatic carbocycles. The van der Waals surface area contributed by atoms with Gasteiger partial charge in [-0.15, -0.1) is 0 Å². The van der Waals surface area contributed by atoms with E-state index in [4.69, 9.17) is 0 Å². The van der Waals surface area contributed by atoms with Gasteiger partial charge < -0.3 is 9.80 Å². The number of aromatic amines is 1. The zero-order valence-corrected chi connectivity index (χ0v) is 28.3. The molecule has 7 rings (SSSR count). The van der Waals surface area contributed by atoms with E-state index in [1.807, 2.05) is 54.1 Å². The fourth-order valence-electron chi connectivity index (χ4n) is 7.29. The lowest BCUT2D eigenvalue weighted by atomic mass is 9.96. The maximum Gasteiger partial charge on any atom is 0.237 e. The van der Waals surface area contributed by atoms with Crippen molar-refractivity contribution in [1.29, 1.82) is 0 Å². The minimum Gasteiger partial charge on any atom is -0.338 e. The summed E-state index contributed by atoms with van der Waals surface area (Å²) in [5, 5.41) is 12.9. The van der Waals surface area contributed by atoms with Crippen LogP contribution in [0.2, 0.25) is 0 Å². The fourth-order valence-corrected chi connectivity index (χ4v) is 8.79. The van der Waals surface area contributed by atoms with E-state index in [0.29, 0.717) is 64.4 Å². The first-order valence-corrected chi connectivity index (χ1v) is 18.6. The van der Waals surface area contributed by atoms with E-state index in [1.165, 1.54) is 5.57 Å². The molecule has 0 radical (unpaired) electrons. The van der Waals surface area contributed by atoms with Crippen molar-refractivity contribution in [2.75, 3.05) is 55.7 Å². The molecule has 252 valence electrons. The zero-order valence-electron chi connectivity index (χ0n) is 27.5. The van der Waals surface area contributed by atoms with Gasteiger partial charge in [0.05, 0.1) is 29.5 Å². The van der Waals surface area contributed by atoms with Crippen LogP contribution in [-0.4, -0.2) is 106 Å². The molecule has 1 atom stereocenters. The van der Waals surface area contributed by atoms with Crippen LogP contribution in [-0.2, 0) is 26.5 Å². The van der Waals surface area contributed by atoms with Gasteiger partial charge in [-0.05, 0) is 68.5 Å². The van der Waals surface area contributed by atoms with Crippen LogP contribution in [0, 0.1) is 5.92 Å². The summed E-state index contributed by atoms with van der Waals surface area (Å²) in [5.41, 5.74) is 5.93. The van der Waals surface area contributed by atoms with Gasteiger partial charge >= 0.3 is 0 Å². The number of rotatable bonds is 8. The fraction of sp³-hybridized carbons (Fsp3) is 0.457. The third-order valence-corrected chi connectivity index (χ3v) is 11.8. The van der Waals surface area contributed by atoms with Gasteiger partial charge in [-0.25, -0.2) is 13.4 Å². The summed E-state index contributed by atoms with van der Waals surface area (Å²) < 4.78 is 25.6. The van der Waals surface area contributed by atoms with Crippen LogP contribution in [0.3, 0.4) is 0 Å². The smallest absolute Gasteiger partial charge is 0.237 e. The van der Waals surface area contributed by atoms with E-state index in [-0.39, 0.29) is 35.2 Å². The number of amides is 2. The summed E-state index contributed by atoms with van der Waals surface area (Å²) in [6, 6.07) is 14.1. The number of carbonyl (C=O) groups excluding carboxylic acids is 2. The van der Waals surface area contributed by atoms with Crippen molar-refractivity contribution in [3.8, 4) is 11.4 Å². The Morgan fingerprint density at radius 1 is 1.02 bits per heavy atom. The van der Waals surface area contributed by atoms with E-state index in [2.05, 4.69) is 43.4 Å². The molecule has 5 heterocycles. The summed E-state index contributed by atoms with van der Waals surface area (Å²) in [6.07, 6.45) is 6.49. The second-order valence-corrected chi connectivity index (χ2v) is 15.5. The first kappa shape index (κ1) is 32.2. The summed E-state index contributed by atoms with van der Waals surface area (Å²) in [4.78, 5) is 37.3. The Hall–Kier alpha value is -4.36. The normalized spacial score (nSPS) is 20.2. The Morgan fingerprint density at radius 3 is 2.48 bits per heavy atom. The van der Waals surface area contributed by atoms with Gasteiger partial charge in [0.1, 0.15) is 16.2 Å². The summed E-state index contributed by atoms with van der Waals surface area (Å²) in [5.74, 6) is 1.16. The van der Waals surface area contributed by atoms with Crippen LogP contribution in [0.1, 0.15) is 49.8 Å². The number of aromatic nitrogens is 5. The molecule has 2 saturated heterocycles. The van der Waals surface area contributed by atoms with E-state index >= 15 is 0 Å². The first-order chi connectivity index (χ1) is 23.2. The Balaban J connectivity index is 0.944. The van der Waals surface area contributed by atoms with Crippen molar-refractivity contribution in [3.05, 3.63) is 66.1 Å². The van der Waals surface area contributed by atoms with Crippen LogP contribution in [0.4, 0.5) is 5.69 Å². The van der Waals surface area contributed by atoms with Gasteiger partial charge in [0.2, 0.25) is 11.8 Å². The largest absolute Gasteiger partial charge is 0.338 e. The molecule has 4 aromatic rings. The topological polar surface area (TPSA) is 137 Å². The number of benzene rings is 2. The van der Waals surface area contributed by atoms with Crippen molar-refractivity contribution in [1.82, 2.24) is 34.8 Å². The zero-order chi connectivity index (χ0) is 33.4. The molecule has 48 heavy (non-hydrogen) atoms. The molecule has 0 saturated carbocycles. The highest BCUT2D eigenvalue weighted by Gasteiger charge is 2.34. The number of carbonyl (C=O) groups is 2. The molecule has 2 amide bonds. The van der Waals surface area contributed by atoms with Gasteiger partial charge in [0.25, 0.3) is 0 Å². The molecule has 3 aliphatic rings. The predicted molar refractivity (Wildman–Crippen MR) is 185 cm³/mol. The van der Waals surface area contributed by atoms with Crippen molar-refractivity contribution in [2.45, 2.75) is 38.5 Å². The SMILES string of the molecule is CCN(C(=O)[C@@H]1CCN(CC(=O)N2CC=C(c3ccc(-c4ncn(C)n4)cc3)CC2)C1)c1ccc2n[nH]c(C3CCS(=O)(=O)CC3)c2c1. The summed E-state index contributed by atoms with van der Waals surface area (Å²) in [6.45, 7) is 5.33. The van der Waals surface area contributed by atoms with Crippen LogP contribution >= 0.6 is 0 Å². The van der Waals surface area contributed by atoms with Gasteiger partial charge in [-0.3, -0.25) is 24.3 Å². The number of anilines is 1. The lowest BCUT2D eigenvalue weighted by Crippen LogP contribution is -2.42. The number of aryl methyl sites for hydroxylation is 1. The highest BCUT2D eigenvalue weighted by molar-refractivity contribution is 7.91. The van der Waals surface area contributed by atoms with Gasteiger partial charge in [0, 0.05) is 61.5 Å². The lowest BCUT2D eigenvalue weighted by molar-refractivity contribution is -0.132. The molecule has 13 heteroatoms. The molecule has 2 aromatic heterocycles. The second kappa shape index (κ2) is 13.3. The molecular weight excluding hydrogens is 629 g/mol. The van der Waals surface area contributed by atoms with E-state index in [9.17, 15) is 18.0 Å². The maximum atomic E-state index is 13.8. The van der Waals surface area contributed by atoms with Crippen molar-refractivity contribution in [3.63, 3.8) is 0 Å². The van der Waals surface area contributed by atoms with Crippen LogP contribution in [0.5, 0.6) is 0 Å². The molecule has 3 aliphatic heterocycles. The predicted octanol–water partition coefficient (Wildman–Crippen LogP) is 3.64. The third kappa shape index (κ3) is 6.66. The Morgan fingerprint density at radius 2 is 1.79 bits per heavy atom. The highest BCUT2D eigenvalue weighted by Crippen LogP contribution is 2.35. The number of nitrogens with zero attached hydrogens (tertiary/aromatic N) is 7. The number of nitrogens with one attached hydrogen (secondary N) is 1. The Kier molecular flexibility index (Phi) is 8.90. The third-order valence-electron chi connectivity index (χ3n) is 10.1. The number of likely N-dealkylation sites (tertiary alicyclic amines) is 1. The second-order valence-electron chi connectivity index (χ2n) is 13.2. The van der Waals surface area contributed by atoms with E-state index in [0.717, 1.165) is 39.8 Å². The number of hydrogen-bond acceptors (Lipinski definition) is 8. The summed E-state index contributed by atoms with van der Waals surface area (Å²) >= 11 is 0. The molecule has 12 nitrogen and oxygen atoms in total. The minimum atomic E-state index is -2.97. The van der Waals surface area contributed by atoms with Crippen molar-refractivity contribution in [2.24, 2.45) is 13.0 Å². The summed E-state index contributed by atoms with van der Waals surface area (Å²) in [7, 11) is -1.12. The molecular formula is C35H42N8O4S. The highest BCUT2D eigenvalue weighted by atomic mass is 32.2. The van der Waals surface area contributed by atoms with Crippen LogP contribution in [0.25, 0.3) is 27.9 Å². The van der Waals surface area contributed by atoms with Crippen LogP contribution in [0.15, 0.2) is 54.9 Å². The standard InChI is InChI=1S/C35H42N8O4S/c1-3-43(29-8-9-31-30(20-29)33(38-37-31)26-13-18-48(46,47)19-14-26)35(45)28-10-15-41(21-28)22-32(44)42-16-11-25(12-17-42)24-4-6-27(7-5-24)34-36-23-40(2)39-34/h4-9,11,20,23,26,28H,3,10,12-19,21-22H2,1-2H3,(H,37,38)/t28-/m1/s1. The maximum absolute atomic E-state index is 13.8. The lowest BCUT2D eigenvalue weighted by Gasteiger charge is -2.29. The molecule has 1 N–H and O–H groups in total. The number of fused-ring (bicyclic) bond motifs is 1. The molecule has 0 bridgehead atoms. The molecule has 2 fully saturated rings. The quantitative estimate of drug-likeness (QED) is 0.300. The van der Waals surface area contributed by atoms with Gasteiger partial charge in [-0.2, -0.15) is 10.2 Å². The number of H-pyrrole nitrogens is 1. The Labute approximate surface area is 280 Å². The average molecular weight is 671 g/mol. The van der Waals surface area contributed by atoms with E-state index in [1.54, 1.807) is 11.0 Å². The Bertz CT molecular complexity index is 1950. The molecule has 0 aliphatic carbocycles. The van der Waals surface area contributed by atoms with Crippen molar-refractivity contribution < 1.29 is 18.0 Å². The molecule has 0 unspecified atom stereocenters. The van der Waals surface area contributed by atoms with E-state index < -0.39 is 9.84 Å². The monoisotopic (exact) mass is 670 g/mol. The van der Waals surface area contributed by atoms with Crippen molar-refractivity contribution >= 4 is 43.8 Å². The van der Waals surface area contributed by atoms with Gasteiger partial charge in [0.15, 0.2) is 5.82 Å². The number of hydrogen-bond donors (Lipinski definition) is 1. The number of sulfone groups is 1. The molecule has 0 spiro atoms. The average Bonchev–Trinajstić information content (AvgIpc) is 3.85. The van der Waals surface area contributed by atoms with Gasteiger partial charge in [-0.1, -0.05) is 30.3 Å².